The van der Waals surface area contributed by atoms with E-state index >= 15 is 0 Å². The maximum absolute atomic E-state index is 13.4. The Bertz CT molecular complexity index is 450. The molecule has 92 valence electrons. The van der Waals surface area contributed by atoms with Crippen LogP contribution in [-0.4, -0.2) is 22.2 Å². The van der Waals surface area contributed by atoms with E-state index in [1.807, 2.05) is 0 Å². The van der Waals surface area contributed by atoms with Gasteiger partial charge in [0, 0.05) is 4.90 Å². The second-order valence-electron chi connectivity index (χ2n) is 3.37. The molecule has 0 fully saturated rings. The molecule has 17 heavy (non-hydrogen) atoms. The second kappa shape index (κ2) is 5.67. The number of thioether (sulfide) groups is 1. The molecule has 0 heterocycles. The molecule has 4 nitrogen and oxygen atoms in total. The smallest absolute Gasteiger partial charge is 0.335 e. The normalized spacial score (nSPS) is 12.1. The van der Waals surface area contributed by atoms with Gasteiger partial charge >= 0.3 is 5.97 Å². The number of halogens is 1. The summed E-state index contributed by atoms with van der Waals surface area (Å²) in [6.07, 6.45) is 0.455. The quantitative estimate of drug-likeness (QED) is 0.789. The maximum atomic E-state index is 13.4. The number of primary amides is 1. The fourth-order valence-electron chi connectivity index (χ4n) is 1.22. The summed E-state index contributed by atoms with van der Waals surface area (Å²) in [6.45, 7) is 1.75. The number of carbonyl (C=O) groups is 2. The highest BCUT2D eigenvalue weighted by molar-refractivity contribution is 8.00. The summed E-state index contributed by atoms with van der Waals surface area (Å²) in [7, 11) is 0. The molecule has 0 aliphatic carbocycles. The van der Waals surface area contributed by atoms with E-state index in [0.29, 0.717) is 6.42 Å². The van der Waals surface area contributed by atoms with Crippen LogP contribution in [-0.2, 0) is 4.79 Å². The van der Waals surface area contributed by atoms with Gasteiger partial charge in [-0.2, -0.15) is 0 Å². The number of amides is 1. The number of carbonyl (C=O) groups excluding carboxylic acids is 1. The van der Waals surface area contributed by atoms with E-state index < -0.39 is 22.9 Å². The van der Waals surface area contributed by atoms with E-state index in [4.69, 9.17) is 10.8 Å². The Morgan fingerprint density at radius 1 is 1.53 bits per heavy atom. The molecule has 1 aromatic rings. The van der Waals surface area contributed by atoms with Crippen LogP contribution in [0.25, 0.3) is 0 Å². The van der Waals surface area contributed by atoms with Crippen LogP contribution in [0.2, 0.25) is 0 Å². The van der Waals surface area contributed by atoms with Gasteiger partial charge in [0.15, 0.2) is 0 Å². The minimum Gasteiger partial charge on any atom is -0.478 e. The van der Waals surface area contributed by atoms with Gasteiger partial charge in [0.1, 0.15) is 5.82 Å². The first-order valence-corrected chi connectivity index (χ1v) is 5.82. The third-order valence-corrected chi connectivity index (χ3v) is 3.55. The number of carboxylic acids is 1. The van der Waals surface area contributed by atoms with Gasteiger partial charge in [-0.25, -0.2) is 9.18 Å². The first kappa shape index (κ1) is 13.5. The highest BCUT2D eigenvalue weighted by Gasteiger charge is 2.17. The first-order chi connectivity index (χ1) is 7.95. The summed E-state index contributed by atoms with van der Waals surface area (Å²) in [5.41, 5.74) is 5.12. The van der Waals surface area contributed by atoms with E-state index in [2.05, 4.69) is 0 Å². The molecule has 1 amide bonds. The molecule has 0 aliphatic heterocycles. The molecule has 1 atom stereocenters. The predicted octanol–water partition coefficient (Wildman–Crippen LogP) is 1.88. The Morgan fingerprint density at radius 2 is 2.18 bits per heavy atom. The van der Waals surface area contributed by atoms with Crippen LogP contribution < -0.4 is 5.73 Å². The molecule has 0 saturated carbocycles. The highest BCUT2D eigenvalue weighted by atomic mass is 32.2. The van der Waals surface area contributed by atoms with Gasteiger partial charge in [0.2, 0.25) is 5.91 Å². The van der Waals surface area contributed by atoms with Crippen molar-refractivity contribution < 1.29 is 19.1 Å². The molecule has 0 bridgehead atoms. The molecule has 1 unspecified atom stereocenters. The third-order valence-electron chi connectivity index (χ3n) is 2.14. The van der Waals surface area contributed by atoms with Crippen molar-refractivity contribution >= 4 is 23.6 Å². The maximum Gasteiger partial charge on any atom is 0.335 e. The highest BCUT2D eigenvalue weighted by Crippen LogP contribution is 2.28. The zero-order chi connectivity index (χ0) is 13.0. The van der Waals surface area contributed by atoms with Gasteiger partial charge in [0.05, 0.1) is 10.8 Å². The predicted molar refractivity (Wildman–Crippen MR) is 62.5 cm³/mol. The van der Waals surface area contributed by atoms with Crippen molar-refractivity contribution in [2.75, 3.05) is 0 Å². The second-order valence-corrected chi connectivity index (χ2v) is 4.61. The largest absolute Gasteiger partial charge is 0.478 e. The van der Waals surface area contributed by atoms with Crippen LogP contribution in [0.3, 0.4) is 0 Å². The topological polar surface area (TPSA) is 80.4 Å². The number of carboxylic acid groups (broad SMARTS) is 1. The Hall–Kier alpha value is -1.56. The molecule has 6 heteroatoms. The molecule has 0 spiro atoms. The molecule has 0 aliphatic rings. The summed E-state index contributed by atoms with van der Waals surface area (Å²) < 4.78 is 13.4. The average Bonchev–Trinajstić information content (AvgIpc) is 2.27. The first-order valence-electron chi connectivity index (χ1n) is 4.94. The SMILES string of the molecule is CCC(Sc1cc(C(=O)O)ccc1F)C(N)=O. The minimum absolute atomic E-state index is 0.0202. The van der Waals surface area contributed by atoms with Gasteiger partial charge in [-0.1, -0.05) is 6.92 Å². The van der Waals surface area contributed by atoms with Crippen LogP contribution in [0.1, 0.15) is 23.7 Å². The molecule has 0 radical (unpaired) electrons. The number of hydrogen-bond donors (Lipinski definition) is 2. The molecule has 0 saturated heterocycles. The molecular weight excluding hydrogens is 245 g/mol. The number of aromatic carboxylic acids is 1. The number of hydrogen-bond acceptors (Lipinski definition) is 3. The van der Waals surface area contributed by atoms with Crippen molar-refractivity contribution in [1.29, 1.82) is 0 Å². The van der Waals surface area contributed by atoms with Gasteiger partial charge < -0.3 is 10.8 Å². The Morgan fingerprint density at radius 3 is 2.65 bits per heavy atom. The van der Waals surface area contributed by atoms with Gasteiger partial charge in [-0.15, -0.1) is 11.8 Å². The number of rotatable bonds is 5. The van der Waals surface area contributed by atoms with Crippen molar-refractivity contribution in [2.45, 2.75) is 23.5 Å². The van der Waals surface area contributed by atoms with Crippen LogP contribution >= 0.6 is 11.8 Å². The molecule has 1 aromatic carbocycles. The summed E-state index contributed by atoms with van der Waals surface area (Å²) >= 11 is 0.942. The van der Waals surface area contributed by atoms with E-state index in [9.17, 15) is 14.0 Å². The van der Waals surface area contributed by atoms with Gasteiger partial charge in [0.25, 0.3) is 0 Å². The molecule has 0 aromatic heterocycles. The van der Waals surface area contributed by atoms with E-state index in [-0.39, 0.29) is 10.5 Å². The lowest BCUT2D eigenvalue weighted by molar-refractivity contribution is -0.117. The Kier molecular flexibility index (Phi) is 4.51. The van der Waals surface area contributed by atoms with Crippen LogP contribution in [0.5, 0.6) is 0 Å². The monoisotopic (exact) mass is 257 g/mol. The fourth-order valence-corrected chi connectivity index (χ4v) is 2.19. The van der Waals surface area contributed by atoms with Crippen LogP contribution in [0.4, 0.5) is 4.39 Å². The van der Waals surface area contributed by atoms with Crippen molar-refractivity contribution in [3.63, 3.8) is 0 Å². The zero-order valence-corrected chi connectivity index (χ0v) is 9.96. The molecule has 3 N–H and O–H groups in total. The number of benzene rings is 1. The summed E-state index contributed by atoms with van der Waals surface area (Å²) in [6, 6.07) is 3.44. The van der Waals surface area contributed by atoms with E-state index in [0.717, 1.165) is 17.8 Å². The summed E-state index contributed by atoms with van der Waals surface area (Å²) in [5.74, 6) is -2.24. The fraction of sp³-hybridized carbons (Fsp3) is 0.273. The Labute approximate surface area is 102 Å². The summed E-state index contributed by atoms with van der Waals surface area (Å²) in [4.78, 5) is 21.9. The van der Waals surface area contributed by atoms with E-state index in [1.54, 1.807) is 6.92 Å². The van der Waals surface area contributed by atoms with Gasteiger partial charge in [-0.3, -0.25) is 4.79 Å². The van der Waals surface area contributed by atoms with Crippen molar-refractivity contribution in [1.82, 2.24) is 0 Å². The standard InChI is InChI=1S/C11H12FNO3S/c1-2-8(10(13)14)17-9-5-6(11(15)16)3-4-7(9)12/h3-5,8H,2H2,1H3,(H2,13,14)(H,15,16). The lowest BCUT2D eigenvalue weighted by atomic mass is 10.2. The van der Waals surface area contributed by atoms with Crippen molar-refractivity contribution in [2.24, 2.45) is 5.73 Å². The minimum atomic E-state index is -1.14. The average molecular weight is 257 g/mol. The van der Waals surface area contributed by atoms with Crippen LogP contribution in [0, 0.1) is 5.82 Å². The molecule has 1 rings (SSSR count). The van der Waals surface area contributed by atoms with Crippen molar-refractivity contribution in [3.05, 3.63) is 29.6 Å². The zero-order valence-electron chi connectivity index (χ0n) is 9.14. The van der Waals surface area contributed by atoms with Crippen LogP contribution in [0.15, 0.2) is 23.1 Å². The van der Waals surface area contributed by atoms with Crippen molar-refractivity contribution in [3.8, 4) is 0 Å². The Balaban J connectivity index is 3.00. The van der Waals surface area contributed by atoms with E-state index in [1.165, 1.54) is 12.1 Å². The molecular formula is C11H12FNO3S. The van der Waals surface area contributed by atoms with Gasteiger partial charge in [-0.05, 0) is 24.6 Å². The summed E-state index contributed by atoms with van der Waals surface area (Å²) in [5, 5.41) is 8.22. The lowest BCUT2D eigenvalue weighted by Gasteiger charge is -2.11. The number of nitrogens with two attached hydrogens (primary N) is 1. The third kappa shape index (κ3) is 3.45. The lowest BCUT2D eigenvalue weighted by Crippen LogP contribution is -2.24.